The first kappa shape index (κ1) is 45.2. The van der Waals surface area contributed by atoms with Gasteiger partial charge in [-0.25, -0.2) is 9.59 Å². The fourth-order valence-corrected chi connectivity index (χ4v) is 10.1. The number of aromatic hydroxyl groups is 2. The Morgan fingerprint density at radius 2 is 0.815 bits per heavy atom. The number of rotatable bonds is 12. The number of hydrogen-bond acceptors (Lipinski definition) is 12. The van der Waals surface area contributed by atoms with E-state index in [1.165, 1.54) is 24.3 Å². The molecule has 14 nitrogen and oxygen atoms in total. The Morgan fingerprint density at radius 3 is 1.18 bits per heavy atom. The van der Waals surface area contributed by atoms with Gasteiger partial charge >= 0.3 is 12.2 Å². The van der Waals surface area contributed by atoms with Crippen LogP contribution in [0, 0.1) is 0 Å². The summed E-state index contributed by atoms with van der Waals surface area (Å²) >= 11 is 14.1. The van der Waals surface area contributed by atoms with Gasteiger partial charge in [0, 0.05) is 53.0 Å². The number of amides is 2. The van der Waals surface area contributed by atoms with Crippen LogP contribution in [0.25, 0.3) is 0 Å². The lowest BCUT2D eigenvalue weighted by molar-refractivity contribution is 0.0977. The van der Waals surface area contributed by atoms with Crippen molar-refractivity contribution in [3.05, 3.63) is 171 Å². The molecule has 6 aromatic carbocycles. The highest BCUT2D eigenvalue weighted by Crippen LogP contribution is 2.42. The third-order valence-corrected chi connectivity index (χ3v) is 13.4. The number of nitrogens with one attached hydrogen (secondary N) is 4. The number of ketones is 4. The van der Waals surface area contributed by atoms with Gasteiger partial charge in [0.2, 0.25) is 0 Å². The summed E-state index contributed by atoms with van der Waals surface area (Å²) < 4.78 is 13.3. The molecule has 6 aromatic rings. The van der Waals surface area contributed by atoms with E-state index in [1.54, 1.807) is 72.8 Å². The predicted octanol–water partition coefficient (Wildman–Crippen LogP) is 10.4. The monoisotopic (exact) mass is 1130 g/mol. The number of ether oxygens (including phenoxy) is 2. The number of halogens is 4. The number of carbonyl (C=O) groups excluding carboxylic acids is 6. The number of hydrogen-bond donors (Lipinski definition) is 6. The Morgan fingerprint density at radius 1 is 0.462 bits per heavy atom. The number of carbonyl (C=O) groups is 6. The second kappa shape index (κ2) is 19.0. The van der Waals surface area contributed by atoms with Gasteiger partial charge in [-0.2, -0.15) is 0 Å². The molecule has 6 N–H and O–H groups in total. The van der Waals surface area contributed by atoms with Crippen molar-refractivity contribution < 1.29 is 48.5 Å². The van der Waals surface area contributed by atoms with Crippen LogP contribution in [0.5, 0.6) is 11.5 Å². The van der Waals surface area contributed by atoms with Crippen LogP contribution in [0.15, 0.2) is 115 Å². The number of phenols is 2. The molecule has 0 spiro atoms. The fourth-order valence-electron chi connectivity index (χ4n) is 7.47. The lowest BCUT2D eigenvalue weighted by atomic mass is 9.82. The highest BCUT2D eigenvalue weighted by atomic mass is 79.9. The van der Waals surface area contributed by atoms with E-state index in [1.807, 2.05) is 0 Å². The lowest BCUT2D eigenvalue weighted by Crippen LogP contribution is -2.38. The van der Waals surface area contributed by atoms with Crippen LogP contribution < -0.4 is 21.3 Å². The molecule has 0 bridgehead atoms. The molecule has 2 amide bonds. The molecule has 328 valence electrons. The topological polar surface area (TPSA) is 209 Å². The minimum atomic E-state index is -0.792. The molecule has 0 saturated heterocycles. The average Bonchev–Trinajstić information content (AvgIpc) is 3.28. The molecule has 2 aliphatic rings. The van der Waals surface area contributed by atoms with Crippen LogP contribution >= 0.6 is 63.7 Å². The second-order valence-corrected chi connectivity index (χ2v) is 18.0. The molecule has 2 aliphatic carbocycles. The van der Waals surface area contributed by atoms with E-state index in [2.05, 4.69) is 85.0 Å². The summed E-state index contributed by atoms with van der Waals surface area (Å²) in [7, 11) is 0. The summed E-state index contributed by atoms with van der Waals surface area (Å²) in [5.74, 6) is -2.31. The maximum Gasteiger partial charge on any atom is 0.408 e. The van der Waals surface area contributed by atoms with E-state index >= 15 is 0 Å². The Kier molecular flexibility index (Phi) is 13.2. The maximum atomic E-state index is 13.6. The van der Waals surface area contributed by atoms with E-state index in [0.717, 1.165) is 11.1 Å². The zero-order valence-electron chi connectivity index (χ0n) is 33.4. The highest BCUT2D eigenvalue weighted by Gasteiger charge is 2.35. The van der Waals surface area contributed by atoms with Crippen molar-refractivity contribution >= 4 is 122 Å². The first-order valence-electron chi connectivity index (χ1n) is 19.6. The minimum Gasteiger partial charge on any atom is -0.507 e. The minimum absolute atomic E-state index is 0.0369. The molecule has 0 heterocycles. The first-order valence-corrected chi connectivity index (χ1v) is 22.8. The van der Waals surface area contributed by atoms with Crippen molar-refractivity contribution in [1.29, 1.82) is 0 Å². The summed E-state index contributed by atoms with van der Waals surface area (Å²) in [6, 6.07) is 25.8. The number of fused-ring (bicyclic) bond motifs is 4. The maximum absolute atomic E-state index is 13.6. The summed E-state index contributed by atoms with van der Waals surface area (Å²) in [6.07, 6.45) is -1.04. The average molecular weight is 1130 g/mol. The Labute approximate surface area is 403 Å². The SMILES string of the molecule is O=C(NCNC(=O)OCCc1cc(Nc2ccc(O)c3c2C(=O)c2ccccc2C3=O)c(Br)cc1Br)OCCc1cc(Nc2ccc(O)c3c2C(=O)c2ccccc2C3=O)c(Br)cc1Br. The molecule has 0 atom stereocenters. The second-order valence-electron chi connectivity index (χ2n) is 14.6. The number of phenolic OH excluding ortho intramolecular Hbond substituents is 2. The zero-order valence-corrected chi connectivity index (χ0v) is 39.8. The van der Waals surface area contributed by atoms with Gasteiger partial charge in [-0.1, -0.05) is 80.4 Å². The van der Waals surface area contributed by atoms with Crippen molar-refractivity contribution in [2.24, 2.45) is 0 Å². The smallest absolute Gasteiger partial charge is 0.408 e. The van der Waals surface area contributed by atoms with E-state index in [0.29, 0.717) is 40.6 Å². The lowest BCUT2D eigenvalue weighted by Gasteiger charge is -2.22. The Hall–Kier alpha value is -6.34. The van der Waals surface area contributed by atoms with Crippen molar-refractivity contribution in [3.8, 4) is 11.5 Å². The van der Waals surface area contributed by atoms with Crippen LogP contribution in [-0.2, 0) is 22.3 Å². The summed E-state index contributed by atoms with van der Waals surface area (Å²) in [5, 5.41) is 32.5. The quantitative estimate of drug-likeness (QED) is 0.0499. The van der Waals surface area contributed by atoms with Gasteiger partial charge in [-0.15, -0.1) is 0 Å². The highest BCUT2D eigenvalue weighted by molar-refractivity contribution is 9.11. The largest absolute Gasteiger partial charge is 0.507 e. The van der Waals surface area contributed by atoms with Crippen molar-refractivity contribution in [2.45, 2.75) is 12.8 Å². The van der Waals surface area contributed by atoms with E-state index in [-0.39, 0.29) is 88.7 Å². The van der Waals surface area contributed by atoms with Crippen molar-refractivity contribution in [3.63, 3.8) is 0 Å². The molecular weight excluding hydrogens is 1100 g/mol. The summed E-state index contributed by atoms with van der Waals surface area (Å²) in [4.78, 5) is 78.7. The zero-order chi connectivity index (χ0) is 46.1. The standard InChI is InChI=1S/C47H32Br4N4O10/c48-28-19-30(50)34(54-32-9-11-36(56)40-38(32)42(58)24-5-1-3-7-26(24)44(40)60)17-22(28)13-15-64-46(62)52-21-53-47(63)65-16-14-23-18-35(31(51)20-29(23)49)55-33-10-12-37(57)41-39(33)43(59)25-6-2-4-8-27(25)45(41)61/h1-12,17-20,54-57H,13-16,21H2,(H,52,62)(H,53,63). The molecule has 0 radical (unpaired) electrons. The van der Waals surface area contributed by atoms with Gasteiger partial charge in [-0.3, -0.25) is 19.2 Å². The van der Waals surface area contributed by atoms with Crippen LogP contribution in [0.4, 0.5) is 32.3 Å². The molecule has 65 heavy (non-hydrogen) atoms. The third kappa shape index (κ3) is 9.16. The van der Waals surface area contributed by atoms with Gasteiger partial charge in [0.05, 0.1) is 64.9 Å². The van der Waals surface area contributed by atoms with Crippen LogP contribution in [0.3, 0.4) is 0 Å². The molecule has 0 saturated carbocycles. The number of anilines is 4. The molecule has 8 rings (SSSR count). The first-order chi connectivity index (χ1) is 31.2. The molecule has 0 fully saturated rings. The van der Waals surface area contributed by atoms with Gasteiger partial charge in [-0.05, 0) is 91.5 Å². The van der Waals surface area contributed by atoms with E-state index in [4.69, 9.17) is 9.47 Å². The normalized spacial score (nSPS) is 12.4. The van der Waals surface area contributed by atoms with Crippen LogP contribution in [0.1, 0.15) is 74.8 Å². The van der Waals surface area contributed by atoms with Crippen LogP contribution in [-0.4, -0.2) is 65.4 Å². The third-order valence-electron chi connectivity index (χ3n) is 10.6. The van der Waals surface area contributed by atoms with Gasteiger partial charge < -0.3 is 41.0 Å². The molecule has 0 aliphatic heterocycles. The number of alkyl carbamates (subject to hydrolysis) is 2. The van der Waals surface area contributed by atoms with Crippen molar-refractivity contribution in [2.75, 3.05) is 30.5 Å². The van der Waals surface area contributed by atoms with Gasteiger partial charge in [0.1, 0.15) is 11.5 Å². The Balaban J connectivity index is 0.816. The molecule has 0 unspecified atom stereocenters. The van der Waals surface area contributed by atoms with Crippen molar-refractivity contribution in [1.82, 2.24) is 10.6 Å². The van der Waals surface area contributed by atoms with Gasteiger partial charge in [0.15, 0.2) is 23.1 Å². The predicted molar refractivity (Wildman–Crippen MR) is 254 cm³/mol. The molecule has 0 aromatic heterocycles. The van der Waals surface area contributed by atoms with E-state index < -0.39 is 35.3 Å². The fraction of sp³-hybridized carbons (Fsp3) is 0.106. The summed E-state index contributed by atoms with van der Waals surface area (Å²) in [5.41, 5.74) is 4.09. The van der Waals surface area contributed by atoms with Crippen LogP contribution in [0.2, 0.25) is 0 Å². The molecule has 18 heteroatoms. The molecular formula is C47H32Br4N4O10. The van der Waals surface area contributed by atoms with Gasteiger partial charge in [0.25, 0.3) is 0 Å². The summed E-state index contributed by atoms with van der Waals surface area (Å²) in [6.45, 7) is -0.356. The Bertz CT molecular complexity index is 2830. The van der Waals surface area contributed by atoms with E-state index in [9.17, 15) is 39.0 Å². The number of benzene rings is 6.